The van der Waals surface area contributed by atoms with Crippen molar-refractivity contribution in [2.24, 2.45) is 9.98 Å². The van der Waals surface area contributed by atoms with E-state index in [1.165, 1.54) is 12.2 Å². The van der Waals surface area contributed by atoms with Gasteiger partial charge in [-0.1, -0.05) is 12.2 Å². The first-order chi connectivity index (χ1) is 5.35. The minimum atomic E-state index is -0.376. The Bertz CT molecular complexity index is 223. The van der Waals surface area contributed by atoms with Crippen LogP contribution in [0.1, 0.15) is 6.92 Å². The fraction of sp³-hybridized carbons (Fsp3) is 0.429. The zero-order chi connectivity index (χ0) is 8.53. The van der Waals surface area contributed by atoms with E-state index >= 15 is 0 Å². The number of isocyanates is 2. The van der Waals surface area contributed by atoms with E-state index in [0.717, 1.165) is 0 Å². The molecule has 0 aromatic heterocycles. The second-order valence-electron chi connectivity index (χ2n) is 1.75. The Morgan fingerprint density at radius 1 is 1.45 bits per heavy atom. The molecule has 0 saturated heterocycles. The molecule has 0 rings (SSSR count). The van der Waals surface area contributed by atoms with Crippen molar-refractivity contribution in [3.8, 4) is 0 Å². The quantitative estimate of drug-likeness (QED) is 0.336. The summed E-state index contributed by atoms with van der Waals surface area (Å²) in [6, 6.07) is -0.376. The third-order valence-electron chi connectivity index (χ3n) is 0.976. The Morgan fingerprint density at radius 2 is 2.18 bits per heavy atom. The summed E-state index contributed by atoms with van der Waals surface area (Å²) in [5.41, 5.74) is 0. The fourth-order valence-corrected chi connectivity index (χ4v) is 0.565. The van der Waals surface area contributed by atoms with Crippen LogP contribution in [0.4, 0.5) is 0 Å². The Balaban J connectivity index is 4.09. The van der Waals surface area contributed by atoms with E-state index in [1.807, 2.05) is 0 Å². The maximum Gasteiger partial charge on any atom is 0.235 e. The maximum absolute atomic E-state index is 9.79. The normalized spacial score (nSPS) is 11.7. The van der Waals surface area contributed by atoms with Crippen LogP contribution in [0, 0.1) is 0 Å². The third kappa shape index (κ3) is 4.97. The zero-order valence-electron chi connectivity index (χ0n) is 6.15. The van der Waals surface area contributed by atoms with Gasteiger partial charge in [0.15, 0.2) is 0 Å². The van der Waals surface area contributed by atoms with Gasteiger partial charge in [0, 0.05) is 0 Å². The number of aliphatic imine (C=N–C) groups is 2. The molecule has 0 amide bonds. The summed E-state index contributed by atoms with van der Waals surface area (Å²) in [6.45, 7) is 1.95. The number of allylic oxidation sites excluding steroid dienone is 1. The molecule has 0 saturated carbocycles. The predicted molar refractivity (Wildman–Crippen MR) is 39.7 cm³/mol. The van der Waals surface area contributed by atoms with Crippen molar-refractivity contribution in [1.82, 2.24) is 0 Å². The lowest BCUT2D eigenvalue weighted by atomic mass is 10.3. The number of hydrogen-bond acceptors (Lipinski definition) is 4. The monoisotopic (exact) mass is 152 g/mol. The predicted octanol–water partition coefficient (Wildman–Crippen LogP) is 0.603. The average molecular weight is 152 g/mol. The molecule has 0 radical (unpaired) electrons. The van der Waals surface area contributed by atoms with Crippen molar-refractivity contribution in [3.05, 3.63) is 12.2 Å². The highest BCUT2D eigenvalue weighted by Crippen LogP contribution is 1.92. The van der Waals surface area contributed by atoms with E-state index in [9.17, 15) is 9.59 Å². The Morgan fingerprint density at radius 3 is 2.64 bits per heavy atom. The molecule has 0 spiro atoms. The molecule has 1 atom stereocenters. The SMILES string of the molecule is CC=CC(CN=C=O)N=C=O. The van der Waals surface area contributed by atoms with E-state index in [-0.39, 0.29) is 12.6 Å². The highest BCUT2D eigenvalue weighted by atomic mass is 16.1. The van der Waals surface area contributed by atoms with Crippen molar-refractivity contribution in [2.45, 2.75) is 13.0 Å². The van der Waals surface area contributed by atoms with Gasteiger partial charge in [0.05, 0.1) is 6.54 Å². The van der Waals surface area contributed by atoms with Crippen molar-refractivity contribution in [3.63, 3.8) is 0 Å². The second kappa shape index (κ2) is 6.62. The van der Waals surface area contributed by atoms with Crippen molar-refractivity contribution in [2.75, 3.05) is 6.54 Å². The molecule has 0 bridgehead atoms. The molecule has 4 nitrogen and oxygen atoms in total. The molecule has 0 fully saturated rings. The first-order valence-corrected chi connectivity index (χ1v) is 3.08. The summed E-state index contributed by atoms with van der Waals surface area (Å²) in [7, 11) is 0. The lowest BCUT2D eigenvalue weighted by Crippen LogP contribution is -2.03. The maximum atomic E-state index is 9.79. The largest absolute Gasteiger partial charge is 0.235 e. The van der Waals surface area contributed by atoms with Crippen LogP contribution in [0.3, 0.4) is 0 Å². The molecule has 0 N–H and O–H groups in total. The highest BCUT2D eigenvalue weighted by Gasteiger charge is 1.97. The molecule has 4 heteroatoms. The van der Waals surface area contributed by atoms with E-state index in [2.05, 4.69) is 9.98 Å². The lowest BCUT2D eigenvalue weighted by molar-refractivity contribution is 0.557. The second-order valence-corrected chi connectivity index (χ2v) is 1.75. The Labute approximate surface area is 64.4 Å². The number of nitrogens with zero attached hydrogens (tertiary/aromatic N) is 2. The van der Waals surface area contributed by atoms with Gasteiger partial charge < -0.3 is 0 Å². The molecule has 58 valence electrons. The standard InChI is InChI=1S/C7H8N2O2/c1-2-3-7(9-6-11)4-8-5-10/h2-3,7H,4H2,1H3. The first-order valence-electron chi connectivity index (χ1n) is 3.08. The van der Waals surface area contributed by atoms with Crippen LogP contribution in [-0.4, -0.2) is 24.7 Å². The summed E-state index contributed by atoms with van der Waals surface area (Å²) in [5, 5.41) is 0. The molecule has 0 aromatic carbocycles. The van der Waals surface area contributed by atoms with Gasteiger partial charge in [0.25, 0.3) is 0 Å². The van der Waals surface area contributed by atoms with Gasteiger partial charge in [0.2, 0.25) is 12.2 Å². The molecular formula is C7H8N2O2. The molecule has 0 aliphatic heterocycles. The molecule has 0 heterocycles. The van der Waals surface area contributed by atoms with Gasteiger partial charge in [-0.15, -0.1) is 0 Å². The molecule has 11 heavy (non-hydrogen) atoms. The van der Waals surface area contributed by atoms with Gasteiger partial charge in [-0.2, -0.15) is 4.99 Å². The van der Waals surface area contributed by atoms with E-state index < -0.39 is 0 Å². The van der Waals surface area contributed by atoms with E-state index in [0.29, 0.717) is 0 Å². The van der Waals surface area contributed by atoms with Gasteiger partial charge in [-0.05, 0) is 6.92 Å². The summed E-state index contributed by atoms with van der Waals surface area (Å²) in [4.78, 5) is 26.1. The van der Waals surface area contributed by atoms with E-state index in [4.69, 9.17) is 0 Å². The average Bonchev–Trinajstić information content (AvgIpc) is 2.01. The van der Waals surface area contributed by atoms with Crippen LogP contribution < -0.4 is 0 Å². The summed E-state index contributed by atoms with van der Waals surface area (Å²) in [6.07, 6.45) is 6.15. The molecule has 0 aliphatic carbocycles. The summed E-state index contributed by atoms with van der Waals surface area (Å²) < 4.78 is 0. The van der Waals surface area contributed by atoms with Gasteiger partial charge in [-0.3, -0.25) is 0 Å². The summed E-state index contributed by atoms with van der Waals surface area (Å²) in [5.74, 6) is 0. The Hall–Kier alpha value is -1.50. The molecule has 0 aromatic rings. The highest BCUT2D eigenvalue weighted by molar-refractivity contribution is 5.36. The molecule has 1 unspecified atom stereocenters. The minimum Gasteiger partial charge on any atom is -0.211 e. The summed E-state index contributed by atoms with van der Waals surface area (Å²) >= 11 is 0. The Kier molecular flexibility index (Phi) is 5.72. The zero-order valence-corrected chi connectivity index (χ0v) is 6.15. The van der Waals surface area contributed by atoms with Crippen LogP contribution in [-0.2, 0) is 9.59 Å². The van der Waals surface area contributed by atoms with Crippen LogP contribution >= 0.6 is 0 Å². The van der Waals surface area contributed by atoms with E-state index in [1.54, 1.807) is 19.1 Å². The van der Waals surface area contributed by atoms with Crippen LogP contribution in [0.2, 0.25) is 0 Å². The third-order valence-corrected chi connectivity index (χ3v) is 0.976. The smallest absolute Gasteiger partial charge is 0.211 e. The molecular weight excluding hydrogens is 144 g/mol. The minimum absolute atomic E-state index is 0.156. The first kappa shape index (κ1) is 9.50. The number of hydrogen-bond donors (Lipinski definition) is 0. The van der Waals surface area contributed by atoms with Crippen molar-refractivity contribution >= 4 is 12.2 Å². The number of carbonyl (C=O) groups excluding carboxylic acids is 2. The fourth-order valence-electron chi connectivity index (χ4n) is 0.565. The molecule has 0 aliphatic rings. The van der Waals surface area contributed by atoms with Gasteiger partial charge in [0.1, 0.15) is 6.04 Å². The van der Waals surface area contributed by atoms with Gasteiger partial charge >= 0.3 is 0 Å². The number of rotatable bonds is 4. The van der Waals surface area contributed by atoms with Gasteiger partial charge in [-0.25, -0.2) is 14.6 Å². The van der Waals surface area contributed by atoms with Crippen LogP contribution in [0.5, 0.6) is 0 Å². The van der Waals surface area contributed by atoms with Crippen LogP contribution in [0.25, 0.3) is 0 Å². The topological polar surface area (TPSA) is 58.9 Å². The van der Waals surface area contributed by atoms with Crippen molar-refractivity contribution in [1.29, 1.82) is 0 Å². The van der Waals surface area contributed by atoms with Crippen molar-refractivity contribution < 1.29 is 9.59 Å². The lowest BCUT2D eigenvalue weighted by Gasteiger charge is -1.96. The van der Waals surface area contributed by atoms with Crippen LogP contribution in [0.15, 0.2) is 22.1 Å².